The van der Waals surface area contributed by atoms with Crippen LogP contribution in [0, 0.1) is 17.8 Å². The Balaban J connectivity index is 0.887. The quantitative estimate of drug-likeness (QED) is 0.112. The Morgan fingerprint density at radius 2 is 1.69 bits per heavy atom. The monoisotopic (exact) mass is 915 g/mol. The molecule has 1 unspecified atom stereocenters. The van der Waals surface area contributed by atoms with E-state index < -0.39 is 48.7 Å². The Kier molecular flexibility index (Phi) is 11.6. The molecule has 10 rings (SSSR count). The summed E-state index contributed by atoms with van der Waals surface area (Å²) in [6, 6.07) is 20.8. The third-order valence-electron chi connectivity index (χ3n) is 13.9. The molecule has 348 valence electrons. The summed E-state index contributed by atoms with van der Waals surface area (Å²) < 4.78 is 47.3. The fourth-order valence-corrected chi connectivity index (χ4v) is 10.5. The molecule has 17 heteroatoms. The summed E-state index contributed by atoms with van der Waals surface area (Å²) in [4.78, 5) is 69.8. The molecule has 1 aromatic heterocycles. The van der Waals surface area contributed by atoms with Crippen molar-refractivity contribution < 1.29 is 46.9 Å². The number of amides is 4. The van der Waals surface area contributed by atoms with Crippen LogP contribution in [0.5, 0.6) is 5.75 Å². The number of halogens is 2. The lowest BCUT2D eigenvalue weighted by Gasteiger charge is -2.31. The zero-order valence-electron chi connectivity index (χ0n) is 37.5. The fraction of sp³-hybridized carbons (Fsp3) is 0.400. The largest absolute Gasteiger partial charge is 0.488 e. The number of hydrogen-bond donors (Lipinski definition) is 3. The van der Waals surface area contributed by atoms with Crippen LogP contribution in [0.3, 0.4) is 0 Å². The van der Waals surface area contributed by atoms with Gasteiger partial charge in [0.05, 0.1) is 50.5 Å². The summed E-state index contributed by atoms with van der Waals surface area (Å²) in [5.41, 5.74) is 7.75. The highest BCUT2D eigenvalue weighted by Crippen LogP contribution is 2.54. The molecule has 4 aromatic carbocycles. The smallest absolute Gasteiger partial charge is 0.407 e. The standard InChI is InChI=1S/C50H51F2N7O8/c1-25(2)43(56-49(62)64-3)47(61)59-39-17-30(39)18-41(59)45-53-21-38(55-45)29-10-12-32-31(15-29)24-66-42-20-33-28(16-35(32)42)11-13-36-34(33)19-37(54-36)40-14-26(23-67-48(51)52)22-58(40)46(60)44(57-50(63)65-4)27-8-6-5-7-9-27/h5-13,15-16,20-21,25-26,30,39-41,43-44,48H,14,17-19,22-24H2,1-4H3,(H,53,55)(H,56,62)(H,57,63)/t26-,30+,39+,40-,41?,43-,44+/m0/s1. The second-order valence-electron chi connectivity index (χ2n) is 18.4. The van der Waals surface area contributed by atoms with E-state index in [0.717, 1.165) is 74.3 Å². The first-order valence-corrected chi connectivity index (χ1v) is 22.6. The predicted molar refractivity (Wildman–Crippen MR) is 243 cm³/mol. The lowest BCUT2D eigenvalue weighted by atomic mass is 9.90. The van der Waals surface area contributed by atoms with Crippen LogP contribution in [0.15, 0.2) is 84.0 Å². The number of rotatable bonds is 12. The van der Waals surface area contributed by atoms with Gasteiger partial charge in [0.1, 0.15) is 30.3 Å². The number of alkyl halides is 2. The van der Waals surface area contributed by atoms with Crippen LogP contribution in [0.2, 0.25) is 0 Å². The number of hydrogen-bond acceptors (Lipinski definition) is 10. The summed E-state index contributed by atoms with van der Waals surface area (Å²) in [5, 5.41) is 7.34. The van der Waals surface area contributed by atoms with Gasteiger partial charge in [-0.1, -0.05) is 62.4 Å². The summed E-state index contributed by atoms with van der Waals surface area (Å²) in [7, 11) is 2.51. The maximum absolute atomic E-state index is 14.4. The number of benzene rings is 4. The number of nitrogens with zero attached hydrogens (tertiary/aromatic N) is 4. The maximum atomic E-state index is 14.4. The van der Waals surface area contributed by atoms with Gasteiger partial charge in [0.15, 0.2) is 0 Å². The molecular weight excluding hydrogens is 865 g/mol. The SMILES string of the molecule is COC(=O)N[C@H](C(=O)N1C(c2ncc(-c3ccc4c(c3)COc3cc5c6c(ccc5cc3-4)N=C([C@@H]3C[C@H](COC(F)F)CN3C(=O)[C@H](NC(=O)OC)c3ccccc3)C6)[nH]2)C[C@H]2C[C@H]21)C(C)C. The summed E-state index contributed by atoms with van der Waals surface area (Å²) in [6.45, 7) is 1.09. The molecule has 3 N–H and O–H groups in total. The number of methoxy groups -OCH3 is 2. The second-order valence-corrected chi connectivity index (χ2v) is 18.4. The Hall–Kier alpha value is -6.88. The van der Waals surface area contributed by atoms with Crippen molar-refractivity contribution in [2.75, 3.05) is 27.4 Å². The van der Waals surface area contributed by atoms with Gasteiger partial charge < -0.3 is 44.4 Å². The van der Waals surface area contributed by atoms with E-state index >= 15 is 0 Å². The highest BCUT2D eigenvalue weighted by molar-refractivity contribution is 6.07. The van der Waals surface area contributed by atoms with Crippen LogP contribution < -0.4 is 15.4 Å². The molecule has 1 saturated carbocycles. The van der Waals surface area contributed by atoms with E-state index in [1.165, 1.54) is 14.2 Å². The zero-order chi connectivity index (χ0) is 46.7. The van der Waals surface area contributed by atoms with Crippen LogP contribution in [0.4, 0.5) is 24.1 Å². The minimum absolute atomic E-state index is 0.124. The molecule has 4 aliphatic heterocycles. The molecule has 67 heavy (non-hydrogen) atoms. The number of aromatic amines is 1. The van der Waals surface area contributed by atoms with Crippen LogP contribution in [0.1, 0.15) is 67.7 Å². The number of H-pyrrole nitrogens is 1. The number of carbonyl (C=O) groups excluding carboxylic acids is 4. The van der Waals surface area contributed by atoms with Gasteiger partial charge in [-0.15, -0.1) is 0 Å². The third-order valence-corrected chi connectivity index (χ3v) is 13.9. The number of likely N-dealkylation sites (tertiary alicyclic amines) is 2. The van der Waals surface area contributed by atoms with Gasteiger partial charge in [-0.3, -0.25) is 14.6 Å². The fourth-order valence-electron chi connectivity index (χ4n) is 10.5. The number of ether oxygens (including phenoxy) is 4. The molecule has 3 fully saturated rings. The van der Waals surface area contributed by atoms with Crippen molar-refractivity contribution >= 4 is 46.2 Å². The molecular formula is C50H51F2N7O8. The normalized spacial score (nSPS) is 22.0. The van der Waals surface area contributed by atoms with Crippen LogP contribution in [-0.2, 0) is 36.8 Å². The summed E-state index contributed by atoms with van der Waals surface area (Å²) in [5.74, 6) is 0.779. The molecule has 4 amide bonds. The lowest BCUT2D eigenvalue weighted by molar-refractivity contribution is -0.139. The first-order valence-electron chi connectivity index (χ1n) is 22.6. The highest BCUT2D eigenvalue weighted by atomic mass is 19.3. The molecule has 0 spiro atoms. The number of imidazole rings is 1. The van der Waals surface area contributed by atoms with E-state index in [-0.39, 0.29) is 37.1 Å². The molecule has 0 bridgehead atoms. The van der Waals surface area contributed by atoms with Gasteiger partial charge in [0, 0.05) is 36.2 Å². The Morgan fingerprint density at radius 1 is 0.896 bits per heavy atom. The molecule has 5 aliphatic rings. The van der Waals surface area contributed by atoms with E-state index in [1.54, 1.807) is 41.4 Å². The second kappa shape index (κ2) is 17.7. The van der Waals surface area contributed by atoms with Gasteiger partial charge >= 0.3 is 18.8 Å². The van der Waals surface area contributed by atoms with Crippen molar-refractivity contribution in [2.45, 2.75) is 83.0 Å². The number of alkyl carbamates (subject to hydrolysis) is 2. The van der Waals surface area contributed by atoms with Crippen LogP contribution in [0.25, 0.3) is 33.2 Å². The van der Waals surface area contributed by atoms with E-state index in [1.807, 2.05) is 36.9 Å². The third kappa shape index (κ3) is 8.34. The van der Waals surface area contributed by atoms with Crippen molar-refractivity contribution in [1.82, 2.24) is 30.4 Å². The Morgan fingerprint density at radius 3 is 2.45 bits per heavy atom. The average molecular weight is 916 g/mol. The minimum atomic E-state index is -2.95. The lowest BCUT2D eigenvalue weighted by Crippen LogP contribution is -2.52. The molecule has 7 atom stereocenters. The van der Waals surface area contributed by atoms with Gasteiger partial charge in [-0.05, 0) is 94.0 Å². The van der Waals surface area contributed by atoms with Gasteiger partial charge in [-0.25, -0.2) is 14.6 Å². The topological polar surface area (TPSA) is 177 Å². The zero-order valence-corrected chi connectivity index (χ0v) is 37.5. The summed E-state index contributed by atoms with van der Waals surface area (Å²) in [6.07, 6.45) is 2.91. The van der Waals surface area contributed by atoms with Crippen molar-refractivity contribution in [3.05, 3.63) is 102 Å². The number of aliphatic imine (C=N–C) groups is 1. The number of nitrogens with one attached hydrogen (secondary N) is 3. The number of piperidine rings is 1. The van der Waals surface area contributed by atoms with Crippen LogP contribution in [-0.4, -0.2) is 102 Å². The molecule has 0 radical (unpaired) electrons. The molecule has 5 aromatic rings. The van der Waals surface area contributed by atoms with Crippen molar-refractivity contribution in [3.8, 4) is 28.1 Å². The van der Waals surface area contributed by atoms with Gasteiger partial charge in [0.2, 0.25) is 11.8 Å². The van der Waals surface area contributed by atoms with Crippen LogP contribution >= 0.6 is 0 Å². The minimum Gasteiger partial charge on any atom is -0.488 e. The first-order chi connectivity index (χ1) is 32.4. The number of carbonyl (C=O) groups is 4. The molecule has 2 saturated heterocycles. The van der Waals surface area contributed by atoms with E-state index in [4.69, 9.17) is 28.9 Å². The Labute approximate surface area is 385 Å². The maximum Gasteiger partial charge on any atom is 0.407 e. The Bertz CT molecular complexity index is 2800. The van der Waals surface area contributed by atoms with Crippen molar-refractivity contribution in [2.24, 2.45) is 22.7 Å². The van der Waals surface area contributed by atoms with Gasteiger partial charge in [-0.2, -0.15) is 8.78 Å². The number of aromatic nitrogens is 2. The van der Waals surface area contributed by atoms with Crippen molar-refractivity contribution in [3.63, 3.8) is 0 Å². The highest BCUT2D eigenvalue weighted by Gasteiger charge is 2.56. The average Bonchev–Trinajstić information content (AvgIpc) is 3.81. The van der Waals surface area contributed by atoms with E-state index in [9.17, 15) is 28.0 Å². The van der Waals surface area contributed by atoms with Gasteiger partial charge in [0.25, 0.3) is 0 Å². The van der Waals surface area contributed by atoms with E-state index in [2.05, 4.69) is 39.9 Å². The molecule has 1 aliphatic carbocycles. The van der Waals surface area contributed by atoms with E-state index in [0.29, 0.717) is 36.8 Å². The molecule has 5 heterocycles. The van der Waals surface area contributed by atoms with Crippen molar-refractivity contribution in [1.29, 1.82) is 0 Å². The first kappa shape index (κ1) is 44.0. The molecule has 15 nitrogen and oxygen atoms in total. The number of fused-ring (bicyclic) bond motifs is 7. The predicted octanol–water partition coefficient (Wildman–Crippen LogP) is 8.01. The summed E-state index contributed by atoms with van der Waals surface area (Å²) >= 11 is 0.